The quantitative estimate of drug-likeness (QED) is 0.694. The first kappa shape index (κ1) is 15.3. The van der Waals surface area contributed by atoms with Gasteiger partial charge in [0.1, 0.15) is 6.61 Å². The standard InChI is InChI=1S/C15H14BrF3O/c1-10-6-7-13(12-5-3-2-4-11(10)12)14(16)8-20-9-15(17,18)19/h2-7,14H,8-9H2,1H3. The van der Waals surface area contributed by atoms with Gasteiger partial charge in [-0.15, -0.1) is 0 Å². The van der Waals surface area contributed by atoms with Gasteiger partial charge in [0.25, 0.3) is 0 Å². The van der Waals surface area contributed by atoms with E-state index >= 15 is 0 Å². The summed E-state index contributed by atoms with van der Waals surface area (Å²) in [5.41, 5.74) is 2.08. The van der Waals surface area contributed by atoms with Gasteiger partial charge < -0.3 is 4.74 Å². The van der Waals surface area contributed by atoms with E-state index in [4.69, 9.17) is 4.74 Å². The summed E-state index contributed by atoms with van der Waals surface area (Å²) in [5.74, 6) is 0. The predicted molar refractivity (Wildman–Crippen MR) is 77.2 cm³/mol. The Hall–Kier alpha value is -1.07. The third kappa shape index (κ3) is 3.73. The van der Waals surface area contributed by atoms with Crippen molar-refractivity contribution in [2.24, 2.45) is 0 Å². The topological polar surface area (TPSA) is 9.23 Å². The van der Waals surface area contributed by atoms with Crippen LogP contribution in [0.5, 0.6) is 0 Å². The summed E-state index contributed by atoms with van der Waals surface area (Å²) in [6, 6.07) is 11.7. The summed E-state index contributed by atoms with van der Waals surface area (Å²) in [6.45, 7) is 0.765. The van der Waals surface area contributed by atoms with Crippen LogP contribution in [0.4, 0.5) is 13.2 Å². The van der Waals surface area contributed by atoms with Crippen molar-refractivity contribution >= 4 is 26.7 Å². The Labute approximate surface area is 123 Å². The molecule has 1 atom stereocenters. The lowest BCUT2D eigenvalue weighted by atomic mass is 9.99. The van der Waals surface area contributed by atoms with Crippen molar-refractivity contribution in [3.63, 3.8) is 0 Å². The maximum atomic E-state index is 12.1. The summed E-state index contributed by atoms with van der Waals surface area (Å²) in [4.78, 5) is -0.268. The summed E-state index contributed by atoms with van der Waals surface area (Å²) in [6.07, 6.45) is -4.29. The minimum Gasteiger partial charge on any atom is -0.371 e. The van der Waals surface area contributed by atoms with Gasteiger partial charge in [0, 0.05) is 0 Å². The minimum absolute atomic E-state index is 0.0213. The molecule has 0 radical (unpaired) electrons. The molecule has 2 aromatic rings. The van der Waals surface area contributed by atoms with Crippen LogP contribution in [0.25, 0.3) is 10.8 Å². The number of halogens is 4. The van der Waals surface area contributed by atoms with E-state index in [0.717, 1.165) is 21.9 Å². The Bertz CT molecular complexity index is 595. The van der Waals surface area contributed by atoms with Gasteiger partial charge in [-0.25, -0.2) is 0 Å². The summed E-state index contributed by atoms with van der Waals surface area (Å²) in [5, 5.41) is 2.13. The Morgan fingerprint density at radius 3 is 2.40 bits per heavy atom. The van der Waals surface area contributed by atoms with Crippen molar-refractivity contribution in [1.82, 2.24) is 0 Å². The molecule has 1 nitrogen and oxygen atoms in total. The van der Waals surface area contributed by atoms with Gasteiger partial charge in [-0.3, -0.25) is 0 Å². The Kier molecular flexibility index (Phi) is 4.70. The van der Waals surface area contributed by atoms with Crippen LogP contribution in [0.1, 0.15) is 16.0 Å². The van der Waals surface area contributed by atoms with E-state index in [9.17, 15) is 13.2 Å². The number of alkyl halides is 4. The van der Waals surface area contributed by atoms with E-state index in [1.807, 2.05) is 43.3 Å². The van der Waals surface area contributed by atoms with Gasteiger partial charge in [-0.1, -0.05) is 52.3 Å². The zero-order valence-electron chi connectivity index (χ0n) is 10.9. The second-order valence-electron chi connectivity index (χ2n) is 4.62. The number of ether oxygens (including phenoxy) is 1. The zero-order valence-corrected chi connectivity index (χ0v) is 12.5. The lowest BCUT2D eigenvalue weighted by Gasteiger charge is -2.15. The van der Waals surface area contributed by atoms with E-state index in [1.54, 1.807) is 0 Å². The molecular formula is C15H14BrF3O. The van der Waals surface area contributed by atoms with E-state index in [2.05, 4.69) is 15.9 Å². The molecule has 2 aromatic carbocycles. The highest BCUT2D eigenvalue weighted by molar-refractivity contribution is 9.09. The molecule has 0 bridgehead atoms. The average Bonchev–Trinajstić information content (AvgIpc) is 2.38. The fourth-order valence-electron chi connectivity index (χ4n) is 2.11. The summed E-state index contributed by atoms with van der Waals surface area (Å²) in [7, 11) is 0. The first-order valence-electron chi connectivity index (χ1n) is 6.15. The molecule has 0 aliphatic carbocycles. The smallest absolute Gasteiger partial charge is 0.371 e. The summed E-state index contributed by atoms with van der Waals surface area (Å²) < 4.78 is 40.9. The van der Waals surface area contributed by atoms with Gasteiger partial charge in [-0.2, -0.15) is 13.2 Å². The van der Waals surface area contributed by atoms with Crippen molar-refractivity contribution in [3.8, 4) is 0 Å². The lowest BCUT2D eigenvalue weighted by Crippen LogP contribution is -2.18. The van der Waals surface area contributed by atoms with Crippen molar-refractivity contribution < 1.29 is 17.9 Å². The molecule has 5 heteroatoms. The van der Waals surface area contributed by atoms with E-state index in [-0.39, 0.29) is 11.4 Å². The van der Waals surface area contributed by atoms with Gasteiger partial charge in [0.2, 0.25) is 0 Å². The Morgan fingerprint density at radius 1 is 1.10 bits per heavy atom. The van der Waals surface area contributed by atoms with Crippen LogP contribution in [-0.2, 0) is 4.74 Å². The van der Waals surface area contributed by atoms with Crippen LogP contribution >= 0.6 is 15.9 Å². The molecule has 0 fully saturated rings. The third-order valence-corrected chi connectivity index (χ3v) is 3.80. The minimum atomic E-state index is -4.29. The molecule has 20 heavy (non-hydrogen) atoms. The molecule has 0 aliphatic heterocycles. The van der Waals surface area contributed by atoms with Crippen LogP contribution in [0, 0.1) is 6.92 Å². The summed E-state index contributed by atoms with van der Waals surface area (Å²) >= 11 is 3.41. The molecule has 1 unspecified atom stereocenters. The largest absolute Gasteiger partial charge is 0.411 e. The fraction of sp³-hybridized carbons (Fsp3) is 0.333. The molecule has 0 saturated heterocycles. The molecule has 0 saturated carbocycles. The highest BCUT2D eigenvalue weighted by atomic mass is 79.9. The second kappa shape index (κ2) is 6.14. The number of hydrogen-bond donors (Lipinski definition) is 0. The van der Waals surface area contributed by atoms with Crippen molar-refractivity contribution in [3.05, 3.63) is 47.5 Å². The highest BCUT2D eigenvalue weighted by Gasteiger charge is 2.28. The van der Waals surface area contributed by atoms with Gasteiger partial charge >= 0.3 is 6.18 Å². The number of aryl methyl sites for hydroxylation is 1. The first-order valence-corrected chi connectivity index (χ1v) is 7.07. The van der Waals surface area contributed by atoms with Crippen LogP contribution in [0.2, 0.25) is 0 Å². The fourth-order valence-corrected chi connectivity index (χ4v) is 2.70. The van der Waals surface area contributed by atoms with Gasteiger partial charge in [0.05, 0.1) is 11.4 Å². The van der Waals surface area contributed by atoms with Crippen LogP contribution < -0.4 is 0 Å². The molecule has 2 rings (SSSR count). The SMILES string of the molecule is Cc1ccc(C(Br)COCC(F)(F)F)c2ccccc12. The highest BCUT2D eigenvalue weighted by Crippen LogP contribution is 2.32. The maximum Gasteiger partial charge on any atom is 0.411 e. The molecule has 0 spiro atoms. The third-order valence-electron chi connectivity index (χ3n) is 3.04. The van der Waals surface area contributed by atoms with Crippen LogP contribution in [0.15, 0.2) is 36.4 Å². The van der Waals surface area contributed by atoms with E-state index in [0.29, 0.717) is 0 Å². The second-order valence-corrected chi connectivity index (χ2v) is 5.72. The number of fused-ring (bicyclic) bond motifs is 1. The molecule has 0 amide bonds. The van der Waals surface area contributed by atoms with Crippen LogP contribution in [-0.4, -0.2) is 19.4 Å². The van der Waals surface area contributed by atoms with Crippen molar-refractivity contribution in [2.45, 2.75) is 17.9 Å². The molecule has 0 aromatic heterocycles. The number of rotatable bonds is 4. The molecule has 0 aliphatic rings. The predicted octanol–water partition coefficient (Wildman–Crippen LogP) is 5.16. The van der Waals surface area contributed by atoms with Crippen LogP contribution in [0.3, 0.4) is 0 Å². The molecule has 0 N–H and O–H groups in total. The normalized spacial score (nSPS) is 13.7. The van der Waals surface area contributed by atoms with Gasteiger partial charge in [0.15, 0.2) is 0 Å². The maximum absolute atomic E-state index is 12.1. The number of hydrogen-bond acceptors (Lipinski definition) is 1. The van der Waals surface area contributed by atoms with E-state index in [1.165, 1.54) is 0 Å². The van der Waals surface area contributed by atoms with Crippen molar-refractivity contribution in [2.75, 3.05) is 13.2 Å². The average molecular weight is 347 g/mol. The Morgan fingerprint density at radius 2 is 1.75 bits per heavy atom. The zero-order chi connectivity index (χ0) is 14.8. The molecule has 0 heterocycles. The van der Waals surface area contributed by atoms with Gasteiger partial charge in [-0.05, 0) is 28.8 Å². The first-order chi connectivity index (χ1) is 9.38. The Balaban J connectivity index is 2.18. The monoisotopic (exact) mass is 346 g/mol. The van der Waals surface area contributed by atoms with E-state index < -0.39 is 12.8 Å². The van der Waals surface area contributed by atoms with Crippen molar-refractivity contribution in [1.29, 1.82) is 0 Å². The molecular weight excluding hydrogens is 333 g/mol. The molecule has 108 valence electrons. The lowest BCUT2D eigenvalue weighted by molar-refractivity contribution is -0.173. The number of benzene rings is 2.